The van der Waals surface area contributed by atoms with Gasteiger partial charge >= 0.3 is 0 Å². The van der Waals surface area contributed by atoms with Gasteiger partial charge in [0, 0.05) is 32.6 Å². The fourth-order valence-corrected chi connectivity index (χ4v) is 3.60. The summed E-state index contributed by atoms with van der Waals surface area (Å²) in [4.78, 5) is 30.8. The lowest BCUT2D eigenvalue weighted by atomic mass is 10.0. The van der Waals surface area contributed by atoms with Crippen LogP contribution in [-0.4, -0.2) is 41.8 Å². The van der Waals surface area contributed by atoms with Crippen LogP contribution in [0.5, 0.6) is 0 Å². The van der Waals surface area contributed by atoms with Gasteiger partial charge in [-0.2, -0.15) is 0 Å². The van der Waals surface area contributed by atoms with Gasteiger partial charge in [-0.1, -0.05) is 18.2 Å². The molecule has 0 radical (unpaired) electrons. The molecule has 1 atom stereocenters. The van der Waals surface area contributed by atoms with Gasteiger partial charge in [0.25, 0.3) is 5.91 Å². The number of oxazole rings is 1. The molecule has 1 unspecified atom stereocenters. The van der Waals surface area contributed by atoms with Crippen LogP contribution >= 0.6 is 0 Å². The van der Waals surface area contributed by atoms with Crippen LogP contribution in [0.2, 0.25) is 0 Å². The second-order valence-electron chi connectivity index (χ2n) is 6.85. The lowest BCUT2D eigenvalue weighted by Crippen LogP contribution is -2.33. The number of hydrogen-bond donors (Lipinski definition) is 1. The maximum atomic E-state index is 12.9. The van der Waals surface area contributed by atoms with E-state index >= 15 is 0 Å². The van der Waals surface area contributed by atoms with Crippen molar-refractivity contribution in [1.29, 1.82) is 0 Å². The molecule has 6 nitrogen and oxygen atoms in total. The zero-order valence-electron chi connectivity index (χ0n) is 15.4. The van der Waals surface area contributed by atoms with E-state index in [2.05, 4.69) is 10.3 Å². The van der Waals surface area contributed by atoms with Crippen molar-refractivity contribution in [2.75, 3.05) is 20.1 Å². The molecule has 0 aliphatic carbocycles. The third kappa shape index (κ3) is 3.30. The van der Waals surface area contributed by atoms with Gasteiger partial charge in [-0.05, 0) is 41.8 Å². The number of hydrogen-bond acceptors (Lipinski definition) is 4. The van der Waals surface area contributed by atoms with E-state index in [1.165, 1.54) is 0 Å². The largest absolute Gasteiger partial charge is 0.441 e. The maximum absolute atomic E-state index is 12.9. The minimum absolute atomic E-state index is 0.00439. The van der Waals surface area contributed by atoms with Crippen molar-refractivity contribution in [3.8, 4) is 11.1 Å². The molecule has 0 bridgehead atoms. The fourth-order valence-electron chi connectivity index (χ4n) is 3.60. The summed E-state index contributed by atoms with van der Waals surface area (Å²) < 4.78 is 5.52. The number of amides is 2. The van der Waals surface area contributed by atoms with Crippen LogP contribution in [0.1, 0.15) is 22.7 Å². The molecule has 0 saturated carbocycles. The Labute approximate surface area is 157 Å². The number of rotatable bonds is 3. The highest BCUT2D eigenvalue weighted by molar-refractivity contribution is 5.96. The van der Waals surface area contributed by atoms with Gasteiger partial charge in [0.2, 0.25) is 5.91 Å². The SMILES string of the molecule is CNC(=O)C1CCN(C(=O)c2cccc(-c3ccc4oc(C)nc4c3)c2)C1. The van der Waals surface area contributed by atoms with Gasteiger partial charge in [-0.15, -0.1) is 0 Å². The number of carbonyl (C=O) groups excluding carboxylic acids is 2. The van der Waals surface area contributed by atoms with Crippen molar-refractivity contribution in [2.24, 2.45) is 5.92 Å². The zero-order valence-corrected chi connectivity index (χ0v) is 15.4. The number of fused-ring (bicyclic) bond motifs is 1. The fraction of sp³-hybridized carbons (Fsp3) is 0.286. The van der Waals surface area contributed by atoms with Crippen LogP contribution in [0.25, 0.3) is 22.2 Å². The molecule has 1 aliphatic heterocycles. The van der Waals surface area contributed by atoms with E-state index in [1.807, 2.05) is 49.4 Å². The zero-order chi connectivity index (χ0) is 19.0. The van der Waals surface area contributed by atoms with Crippen LogP contribution in [0.3, 0.4) is 0 Å². The summed E-state index contributed by atoms with van der Waals surface area (Å²) in [5.74, 6) is 0.461. The van der Waals surface area contributed by atoms with E-state index in [1.54, 1.807) is 11.9 Å². The summed E-state index contributed by atoms with van der Waals surface area (Å²) in [5, 5.41) is 2.66. The molecule has 2 amide bonds. The summed E-state index contributed by atoms with van der Waals surface area (Å²) in [6.07, 6.45) is 0.702. The Morgan fingerprint density at radius 1 is 1.19 bits per heavy atom. The molecule has 1 aliphatic rings. The Bertz CT molecular complexity index is 1020. The van der Waals surface area contributed by atoms with Gasteiger partial charge in [-0.3, -0.25) is 9.59 Å². The molecule has 1 saturated heterocycles. The summed E-state index contributed by atoms with van der Waals surface area (Å²) in [6, 6.07) is 13.4. The third-order valence-electron chi connectivity index (χ3n) is 5.03. The van der Waals surface area contributed by atoms with Gasteiger partial charge in [0.1, 0.15) is 5.52 Å². The second kappa shape index (κ2) is 6.87. The van der Waals surface area contributed by atoms with Crippen LogP contribution in [0.4, 0.5) is 0 Å². The number of likely N-dealkylation sites (tertiary alicyclic amines) is 1. The first-order valence-electron chi connectivity index (χ1n) is 9.03. The Hall–Kier alpha value is -3.15. The van der Waals surface area contributed by atoms with Gasteiger partial charge in [-0.25, -0.2) is 4.98 Å². The quantitative estimate of drug-likeness (QED) is 0.776. The van der Waals surface area contributed by atoms with Gasteiger partial charge < -0.3 is 14.6 Å². The van der Waals surface area contributed by atoms with Crippen molar-refractivity contribution < 1.29 is 14.0 Å². The van der Waals surface area contributed by atoms with E-state index in [0.29, 0.717) is 31.0 Å². The van der Waals surface area contributed by atoms with Crippen LogP contribution in [-0.2, 0) is 4.79 Å². The molecule has 27 heavy (non-hydrogen) atoms. The molecule has 1 aromatic heterocycles. The van der Waals surface area contributed by atoms with Crippen molar-refractivity contribution in [3.05, 3.63) is 53.9 Å². The standard InChI is InChI=1S/C21H21N3O3/c1-13-23-18-11-15(6-7-19(18)27-13)14-4-3-5-16(10-14)21(26)24-9-8-17(12-24)20(25)22-2/h3-7,10-11,17H,8-9,12H2,1-2H3,(H,22,25). The average molecular weight is 363 g/mol. The van der Waals surface area contributed by atoms with E-state index in [4.69, 9.17) is 4.42 Å². The smallest absolute Gasteiger partial charge is 0.253 e. The van der Waals surface area contributed by atoms with E-state index in [9.17, 15) is 9.59 Å². The minimum atomic E-state index is -0.125. The summed E-state index contributed by atoms with van der Waals surface area (Å²) in [5.41, 5.74) is 4.11. The monoisotopic (exact) mass is 363 g/mol. The predicted octanol–water partition coefficient (Wildman–Crippen LogP) is 3.01. The molecule has 1 N–H and O–H groups in total. The van der Waals surface area contributed by atoms with Crippen molar-refractivity contribution in [1.82, 2.24) is 15.2 Å². The molecule has 2 heterocycles. The number of aryl methyl sites for hydroxylation is 1. The highest BCUT2D eigenvalue weighted by Gasteiger charge is 2.30. The molecule has 6 heteroatoms. The normalized spacial score (nSPS) is 16.7. The van der Waals surface area contributed by atoms with E-state index in [-0.39, 0.29) is 17.7 Å². The first-order chi connectivity index (χ1) is 13.0. The summed E-state index contributed by atoms with van der Waals surface area (Å²) >= 11 is 0. The van der Waals surface area contributed by atoms with Crippen LogP contribution in [0.15, 0.2) is 46.9 Å². The first-order valence-corrected chi connectivity index (χ1v) is 9.03. The van der Waals surface area contributed by atoms with E-state index in [0.717, 1.165) is 22.2 Å². The van der Waals surface area contributed by atoms with Crippen molar-refractivity contribution in [3.63, 3.8) is 0 Å². The Morgan fingerprint density at radius 2 is 2.00 bits per heavy atom. The first kappa shape index (κ1) is 17.3. The summed E-state index contributed by atoms with van der Waals surface area (Å²) in [7, 11) is 1.63. The maximum Gasteiger partial charge on any atom is 0.253 e. The number of nitrogens with one attached hydrogen (secondary N) is 1. The van der Waals surface area contributed by atoms with Crippen molar-refractivity contribution in [2.45, 2.75) is 13.3 Å². The molecule has 4 rings (SSSR count). The molecule has 0 spiro atoms. The summed E-state index contributed by atoms with van der Waals surface area (Å²) in [6.45, 7) is 2.89. The highest BCUT2D eigenvalue weighted by atomic mass is 16.3. The lowest BCUT2D eigenvalue weighted by molar-refractivity contribution is -0.124. The van der Waals surface area contributed by atoms with Crippen LogP contribution < -0.4 is 5.32 Å². The molecule has 1 fully saturated rings. The Balaban J connectivity index is 1.58. The molecule has 2 aromatic carbocycles. The third-order valence-corrected chi connectivity index (χ3v) is 5.03. The lowest BCUT2D eigenvalue weighted by Gasteiger charge is -2.17. The van der Waals surface area contributed by atoms with Gasteiger partial charge in [0.05, 0.1) is 5.92 Å². The molecule has 138 valence electrons. The Kier molecular flexibility index (Phi) is 4.39. The average Bonchev–Trinajstić information content (AvgIpc) is 3.32. The van der Waals surface area contributed by atoms with Gasteiger partial charge in [0.15, 0.2) is 11.5 Å². The number of aromatic nitrogens is 1. The molecular formula is C21H21N3O3. The molecular weight excluding hydrogens is 342 g/mol. The minimum Gasteiger partial charge on any atom is -0.441 e. The highest BCUT2D eigenvalue weighted by Crippen LogP contribution is 2.26. The van der Waals surface area contributed by atoms with E-state index < -0.39 is 0 Å². The predicted molar refractivity (Wildman–Crippen MR) is 102 cm³/mol. The van der Waals surface area contributed by atoms with Crippen molar-refractivity contribution >= 4 is 22.9 Å². The topological polar surface area (TPSA) is 75.4 Å². The molecule has 3 aromatic rings. The number of nitrogens with zero attached hydrogens (tertiary/aromatic N) is 2. The number of benzene rings is 2. The van der Waals surface area contributed by atoms with Crippen LogP contribution in [0, 0.1) is 12.8 Å². The Morgan fingerprint density at radius 3 is 2.81 bits per heavy atom. The second-order valence-corrected chi connectivity index (χ2v) is 6.85. The number of carbonyl (C=O) groups is 2.